The van der Waals surface area contributed by atoms with Crippen LogP contribution in [0.25, 0.3) is 77.2 Å². The topological polar surface area (TPSA) is 8.17 Å². The van der Waals surface area contributed by atoms with Crippen LogP contribution in [0.2, 0.25) is 0 Å². The van der Waals surface area contributed by atoms with E-state index < -0.39 is 0 Å². The summed E-state index contributed by atoms with van der Waals surface area (Å²) in [7, 11) is 0. The Labute approximate surface area is 357 Å². The molecule has 2 heteroatoms. The van der Waals surface area contributed by atoms with E-state index in [0.29, 0.717) is 0 Å². The number of hydrogen-bond acceptors (Lipinski definition) is 1. The molecule has 0 aliphatic rings. The summed E-state index contributed by atoms with van der Waals surface area (Å²) in [5, 5.41) is 4.91. The zero-order chi connectivity index (χ0) is 41.1. The Hall–Kier alpha value is -7.94. The number of rotatable bonds is 10. The zero-order valence-electron chi connectivity index (χ0n) is 34.1. The molecule has 0 saturated carbocycles. The van der Waals surface area contributed by atoms with Gasteiger partial charge in [0.2, 0.25) is 0 Å². The van der Waals surface area contributed by atoms with Crippen molar-refractivity contribution in [3.63, 3.8) is 0 Å². The molecule has 290 valence electrons. The van der Waals surface area contributed by atoms with Gasteiger partial charge in [0.25, 0.3) is 0 Å². The van der Waals surface area contributed by atoms with Crippen LogP contribution in [0.15, 0.2) is 249 Å². The van der Waals surface area contributed by atoms with Gasteiger partial charge in [-0.1, -0.05) is 189 Å². The average molecular weight is 781 g/mol. The van der Waals surface area contributed by atoms with Gasteiger partial charge >= 0.3 is 0 Å². The molecule has 2 nitrogen and oxygen atoms in total. The first kappa shape index (κ1) is 37.3. The molecule has 10 rings (SSSR count). The fourth-order valence-electron chi connectivity index (χ4n) is 8.68. The van der Waals surface area contributed by atoms with Crippen molar-refractivity contribution in [2.24, 2.45) is 0 Å². The second kappa shape index (κ2) is 16.4. The van der Waals surface area contributed by atoms with Crippen LogP contribution in [-0.2, 0) is 0 Å². The Bertz CT molecular complexity index is 3190. The van der Waals surface area contributed by atoms with E-state index in [1.165, 1.54) is 71.6 Å². The molecule has 1 heterocycles. The molecule has 0 amide bonds. The van der Waals surface area contributed by atoms with Crippen molar-refractivity contribution in [2.45, 2.75) is 6.92 Å². The minimum atomic E-state index is 1.07. The molecule has 0 spiro atoms. The third-order valence-corrected chi connectivity index (χ3v) is 11.8. The van der Waals surface area contributed by atoms with Crippen molar-refractivity contribution in [1.29, 1.82) is 0 Å². The molecule has 61 heavy (non-hydrogen) atoms. The van der Waals surface area contributed by atoms with Gasteiger partial charge in [-0.3, -0.25) is 0 Å². The molecule has 9 aromatic carbocycles. The lowest BCUT2D eigenvalue weighted by atomic mass is 9.97. The molecule has 0 atom stereocenters. The molecule has 0 aliphatic carbocycles. The zero-order valence-corrected chi connectivity index (χ0v) is 34.1. The van der Waals surface area contributed by atoms with Crippen LogP contribution in [-0.4, -0.2) is 4.57 Å². The largest absolute Gasteiger partial charge is 0.314 e. The van der Waals surface area contributed by atoms with Gasteiger partial charge in [0.15, 0.2) is 0 Å². The van der Waals surface area contributed by atoms with Crippen LogP contribution in [0.3, 0.4) is 0 Å². The summed E-state index contributed by atoms with van der Waals surface area (Å²) in [6, 6.07) is 78.5. The van der Waals surface area contributed by atoms with Gasteiger partial charge in [-0.05, 0) is 111 Å². The van der Waals surface area contributed by atoms with Crippen LogP contribution in [0.1, 0.15) is 12.5 Å². The van der Waals surface area contributed by atoms with E-state index in [4.69, 9.17) is 0 Å². The maximum atomic E-state index is 4.12. The van der Waals surface area contributed by atoms with Crippen molar-refractivity contribution in [3.8, 4) is 39.1 Å². The van der Waals surface area contributed by atoms with Crippen molar-refractivity contribution in [1.82, 2.24) is 4.57 Å². The molecule has 0 fully saturated rings. The number of para-hydroxylation sites is 3. The van der Waals surface area contributed by atoms with Crippen LogP contribution < -0.4 is 4.90 Å². The third kappa shape index (κ3) is 7.26. The molecule has 0 N–H and O–H groups in total. The number of allylic oxidation sites excluding steroid dienone is 5. The van der Waals surface area contributed by atoms with Crippen molar-refractivity contribution >= 4 is 49.5 Å². The Balaban J connectivity index is 0.979. The molecular formula is C59H44N2. The van der Waals surface area contributed by atoms with E-state index in [9.17, 15) is 0 Å². The predicted octanol–water partition coefficient (Wildman–Crippen LogP) is 16.2. The number of aromatic nitrogens is 1. The summed E-state index contributed by atoms with van der Waals surface area (Å²) >= 11 is 0. The van der Waals surface area contributed by atoms with E-state index in [1.807, 2.05) is 12.1 Å². The number of nitrogens with zero attached hydrogens (tertiary/aromatic N) is 2. The van der Waals surface area contributed by atoms with Gasteiger partial charge in [0, 0.05) is 33.4 Å². The summed E-state index contributed by atoms with van der Waals surface area (Å²) in [6.07, 6.45) is 6.27. The maximum absolute atomic E-state index is 4.12. The minimum Gasteiger partial charge on any atom is -0.314 e. The normalized spacial score (nSPS) is 12.0. The molecule has 0 unspecified atom stereocenters. The maximum Gasteiger partial charge on any atom is 0.0541 e. The number of benzene rings is 9. The quantitative estimate of drug-likeness (QED) is 0.126. The van der Waals surface area contributed by atoms with Gasteiger partial charge in [-0.25, -0.2) is 0 Å². The van der Waals surface area contributed by atoms with E-state index in [0.717, 1.165) is 28.2 Å². The molecule has 0 saturated heterocycles. The highest BCUT2D eigenvalue weighted by atomic mass is 15.1. The predicted molar refractivity (Wildman–Crippen MR) is 262 cm³/mol. The highest BCUT2D eigenvalue weighted by Crippen LogP contribution is 2.38. The van der Waals surface area contributed by atoms with Crippen LogP contribution in [0.4, 0.5) is 11.4 Å². The van der Waals surface area contributed by atoms with E-state index in [1.54, 1.807) is 0 Å². The van der Waals surface area contributed by atoms with Crippen molar-refractivity contribution < 1.29 is 0 Å². The molecule has 0 radical (unpaired) electrons. The summed E-state index contributed by atoms with van der Waals surface area (Å²) in [5.74, 6) is 0. The standard InChI is InChI=1S/C59H44N2/c1-3-43(44-16-6-4-7-17-44)27-26-42(2)60(52-37-34-46(35-38-52)45-18-8-5-9-19-45)53-39-36-50-40-49(32-33-51(50)41-53)47-28-30-48(31-29-47)54-20-10-13-23-57(54)61-58-24-14-11-21-55(58)56-22-12-15-25-59(56)61/h3-41H,1H2,2H3/b42-26+,43-27+. The van der Waals surface area contributed by atoms with Gasteiger partial charge in [-0.15, -0.1) is 0 Å². The van der Waals surface area contributed by atoms with E-state index in [2.05, 4.69) is 247 Å². The lowest BCUT2D eigenvalue weighted by molar-refractivity contribution is 1.16. The smallest absolute Gasteiger partial charge is 0.0541 e. The third-order valence-electron chi connectivity index (χ3n) is 11.8. The Kier molecular flexibility index (Phi) is 10.0. The monoisotopic (exact) mass is 780 g/mol. The minimum absolute atomic E-state index is 1.07. The number of hydrogen-bond donors (Lipinski definition) is 0. The first-order valence-corrected chi connectivity index (χ1v) is 20.9. The Morgan fingerprint density at radius 1 is 0.443 bits per heavy atom. The first-order valence-electron chi connectivity index (χ1n) is 20.9. The molecule has 0 bridgehead atoms. The number of fused-ring (bicyclic) bond motifs is 4. The lowest BCUT2D eigenvalue weighted by Crippen LogP contribution is -2.14. The van der Waals surface area contributed by atoms with E-state index >= 15 is 0 Å². The fourth-order valence-corrected chi connectivity index (χ4v) is 8.68. The van der Waals surface area contributed by atoms with Gasteiger partial charge in [0.1, 0.15) is 0 Å². The molecule has 1 aromatic heterocycles. The lowest BCUT2D eigenvalue weighted by Gasteiger charge is -2.26. The second-order valence-corrected chi connectivity index (χ2v) is 15.5. The van der Waals surface area contributed by atoms with Gasteiger partial charge in [0.05, 0.1) is 16.7 Å². The van der Waals surface area contributed by atoms with Gasteiger partial charge < -0.3 is 9.47 Å². The average Bonchev–Trinajstić information content (AvgIpc) is 3.67. The fraction of sp³-hybridized carbons (Fsp3) is 0.0169. The summed E-state index contributed by atoms with van der Waals surface area (Å²) in [5.41, 5.74) is 16.3. The molecular weight excluding hydrogens is 737 g/mol. The SMILES string of the molecule is C=C/C(=C\C=C(/C)N(c1ccc(-c2ccccc2)cc1)c1ccc2cc(-c3ccc(-c4ccccc4-n4c5ccccc5c5ccccc54)cc3)ccc2c1)c1ccccc1. The molecule has 0 aliphatic heterocycles. The highest BCUT2D eigenvalue weighted by molar-refractivity contribution is 6.09. The van der Waals surface area contributed by atoms with Gasteiger partial charge in [-0.2, -0.15) is 0 Å². The van der Waals surface area contributed by atoms with Crippen molar-refractivity contribution in [3.05, 3.63) is 254 Å². The number of anilines is 2. The Morgan fingerprint density at radius 2 is 0.951 bits per heavy atom. The van der Waals surface area contributed by atoms with E-state index in [-0.39, 0.29) is 0 Å². The van der Waals surface area contributed by atoms with Crippen LogP contribution >= 0.6 is 0 Å². The second-order valence-electron chi connectivity index (χ2n) is 15.5. The summed E-state index contributed by atoms with van der Waals surface area (Å²) in [6.45, 7) is 6.29. The first-order chi connectivity index (χ1) is 30.1. The summed E-state index contributed by atoms with van der Waals surface area (Å²) in [4.78, 5) is 2.33. The van der Waals surface area contributed by atoms with Crippen LogP contribution in [0.5, 0.6) is 0 Å². The van der Waals surface area contributed by atoms with Crippen molar-refractivity contribution in [2.75, 3.05) is 4.90 Å². The summed E-state index contributed by atoms with van der Waals surface area (Å²) < 4.78 is 2.41. The Morgan fingerprint density at radius 3 is 1.66 bits per heavy atom. The van der Waals surface area contributed by atoms with Crippen LogP contribution in [0, 0.1) is 0 Å². The highest BCUT2D eigenvalue weighted by Gasteiger charge is 2.16. The molecule has 10 aromatic rings.